The summed E-state index contributed by atoms with van der Waals surface area (Å²) >= 11 is 1.29. The molecule has 1 aromatic rings. The van der Waals surface area contributed by atoms with Crippen molar-refractivity contribution in [1.29, 1.82) is 5.26 Å². The molecule has 0 radical (unpaired) electrons. The molecule has 2 unspecified atom stereocenters. The zero-order chi connectivity index (χ0) is 12.4. The van der Waals surface area contributed by atoms with Crippen molar-refractivity contribution in [2.24, 2.45) is 11.8 Å². The highest BCUT2D eigenvalue weighted by atomic mass is 32.1. The van der Waals surface area contributed by atoms with Crippen LogP contribution in [0.4, 0.5) is 10.8 Å². The molecule has 1 fully saturated rings. The zero-order valence-corrected chi connectivity index (χ0v) is 11.0. The molecule has 0 saturated heterocycles. The summed E-state index contributed by atoms with van der Waals surface area (Å²) in [6.45, 7) is 4.58. The Balaban J connectivity index is 2.08. The first kappa shape index (κ1) is 12.2. The topological polar surface area (TPSA) is 74.7 Å². The summed E-state index contributed by atoms with van der Waals surface area (Å²) in [6.07, 6.45) is 3.62. The second-order valence-corrected chi connectivity index (χ2v) is 5.92. The number of nitrogens with one attached hydrogen (secondary N) is 1. The zero-order valence-electron chi connectivity index (χ0n) is 10.2. The molecule has 0 amide bonds. The Morgan fingerprint density at radius 3 is 2.59 bits per heavy atom. The van der Waals surface area contributed by atoms with E-state index >= 15 is 0 Å². The van der Waals surface area contributed by atoms with Crippen molar-refractivity contribution in [2.75, 3.05) is 11.1 Å². The van der Waals surface area contributed by atoms with Gasteiger partial charge in [0.1, 0.15) is 16.6 Å². The predicted molar refractivity (Wildman–Crippen MR) is 70.8 cm³/mol. The van der Waals surface area contributed by atoms with Gasteiger partial charge in [0.25, 0.3) is 0 Å². The minimum Gasteiger partial charge on any atom is -0.382 e. The van der Waals surface area contributed by atoms with Crippen molar-refractivity contribution >= 4 is 22.4 Å². The number of nitrogens with zero attached hydrogens (tertiary/aromatic N) is 2. The number of aromatic nitrogens is 1. The molecule has 92 valence electrons. The van der Waals surface area contributed by atoms with Crippen molar-refractivity contribution in [3.05, 3.63) is 5.56 Å². The van der Waals surface area contributed by atoms with E-state index in [4.69, 9.17) is 11.0 Å². The smallest absolute Gasteiger partial charge is 0.157 e. The molecule has 0 bridgehead atoms. The quantitative estimate of drug-likeness (QED) is 0.846. The minimum atomic E-state index is 0.344. The summed E-state index contributed by atoms with van der Waals surface area (Å²) in [6, 6.07) is 2.56. The monoisotopic (exact) mass is 250 g/mol. The van der Waals surface area contributed by atoms with E-state index in [1.54, 1.807) is 0 Å². The Labute approximate surface area is 106 Å². The van der Waals surface area contributed by atoms with Gasteiger partial charge in [-0.1, -0.05) is 13.8 Å². The number of anilines is 2. The van der Waals surface area contributed by atoms with E-state index < -0.39 is 0 Å². The first-order chi connectivity index (χ1) is 8.10. The Morgan fingerprint density at radius 1 is 1.35 bits per heavy atom. The summed E-state index contributed by atoms with van der Waals surface area (Å²) < 4.78 is 4.03. The lowest BCUT2D eigenvalue weighted by Gasteiger charge is -2.32. The van der Waals surface area contributed by atoms with Crippen molar-refractivity contribution < 1.29 is 0 Å². The fraction of sp³-hybridized carbons (Fsp3) is 0.667. The molecule has 17 heavy (non-hydrogen) atoms. The Morgan fingerprint density at radius 2 is 2.00 bits per heavy atom. The van der Waals surface area contributed by atoms with Gasteiger partial charge >= 0.3 is 0 Å². The van der Waals surface area contributed by atoms with E-state index in [1.165, 1.54) is 18.0 Å². The Bertz CT molecular complexity index is 424. The van der Waals surface area contributed by atoms with Crippen LogP contribution in [0.15, 0.2) is 0 Å². The third kappa shape index (κ3) is 2.70. The van der Waals surface area contributed by atoms with Gasteiger partial charge in [0.2, 0.25) is 0 Å². The second kappa shape index (κ2) is 4.92. The number of rotatable bonds is 2. The molecule has 0 aromatic carbocycles. The summed E-state index contributed by atoms with van der Waals surface area (Å²) in [5.74, 6) is 1.83. The maximum atomic E-state index is 9.02. The van der Waals surface area contributed by atoms with E-state index in [9.17, 15) is 0 Å². The fourth-order valence-electron chi connectivity index (χ4n) is 2.76. The van der Waals surface area contributed by atoms with Gasteiger partial charge in [-0.05, 0) is 42.6 Å². The van der Waals surface area contributed by atoms with Crippen molar-refractivity contribution in [2.45, 2.75) is 39.2 Å². The van der Waals surface area contributed by atoms with Crippen LogP contribution in [0, 0.1) is 23.2 Å². The lowest BCUT2D eigenvalue weighted by Crippen LogP contribution is -2.30. The summed E-state index contributed by atoms with van der Waals surface area (Å²) in [7, 11) is 0. The normalized spacial score (nSPS) is 28.6. The number of hydrogen-bond acceptors (Lipinski definition) is 5. The van der Waals surface area contributed by atoms with Gasteiger partial charge < -0.3 is 11.1 Å². The van der Waals surface area contributed by atoms with Crippen LogP contribution in [-0.2, 0) is 0 Å². The first-order valence-corrected chi connectivity index (χ1v) is 6.79. The third-order valence-corrected chi connectivity index (χ3v) is 4.14. The molecule has 5 heteroatoms. The average Bonchev–Trinajstić information content (AvgIpc) is 2.57. The third-order valence-electron chi connectivity index (χ3n) is 3.34. The summed E-state index contributed by atoms with van der Waals surface area (Å²) in [4.78, 5) is 0. The number of hydrogen-bond donors (Lipinski definition) is 2. The molecule has 1 aliphatic rings. The molecule has 1 heterocycles. The second-order valence-electron chi connectivity index (χ2n) is 5.14. The van der Waals surface area contributed by atoms with Crippen LogP contribution in [0.25, 0.3) is 0 Å². The predicted octanol–water partition coefficient (Wildman–Crippen LogP) is 2.83. The summed E-state index contributed by atoms with van der Waals surface area (Å²) in [5, 5.41) is 13.3. The average molecular weight is 250 g/mol. The van der Waals surface area contributed by atoms with Crippen LogP contribution in [0.5, 0.6) is 0 Å². The molecular weight excluding hydrogens is 232 g/mol. The van der Waals surface area contributed by atoms with Crippen molar-refractivity contribution in [3.63, 3.8) is 0 Å². The lowest BCUT2D eigenvalue weighted by atomic mass is 9.80. The van der Waals surface area contributed by atoms with Gasteiger partial charge in [-0.2, -0.15) is 9.64 Å². The molecule has 1 aromatic heterocycles. The minimum absolute atomic E-state index is 0.344. The molecule has 0 spiro atoms. The molecule has 1 saturated carbocycles. The maximum Gasteiger partial charge on any atom is 0.157 e. The van der Waals surface area contributed by atoms with Gasteiger partial charge in [-0.3, -0.25) is 0 Å². The van der Waals surface area contributed by atoms with Gasteiger partial charge in [0, 0.05) is 6.04 Å². The molecule has 3 N–H and O–H groups in total. The standard InChI is InChI=1S/C12H18N4S/c1-7-3-8(2)5-9(4-7)15-12-10(6-13)11(14)16-17-12/h7-9,15H,3-5H2,1-2H3,(H2,14,16). The Kier molecular flexibility index (Phi) is 3.53. The van der Waals surface area contributed by atoms with Gasteiger partial charge in [-0.25, -0.2) is 0 Å². The summed E-state index contributed by atoms with van der Waals surface area (Å²) in [5.41, 5.74) is 6.15. The van der Waals surface area contributed by atoms with Crippen LogP contribution in [0.3, 0.4) is 0 Å². The molecule has 0 aliphatic heterocycles. The molecule has 2 atom stereocenters. The Hall–Kier alpha value is -1.28. The van der Waals surface area contributed by atoms with Crippen LogP contribution in [0.2, 0.25) is 0 Å². The van der Waals surface area contributed by atoms with Gasteiger partial charge in [0.05, 0.1) is 0 Å². The maximum absolute atomic E-state index is 9.02. The van der Waals surface area contributed by atoms with Crippen molar-refractivity contribution in [1.82, 2.24) is 4.37 Å². The van der Waals surface area contributed by atoms with Gasteiger partial charge in [-0.15, -0.1) is 0 Å². The first-order valence-electron chi connectivity index (χ1n) is 6.02. The molecule has 2 rings (SSSR count). The highest BCUT2D eigenvalue weighted by molar-refractivity contribution is 7.10. The largest absolute Gasteiger partial charge is 0.382 e. The number of nitriles is 1. The lowest BCUT2D eigenvalue weighted by molar-refractivity contribution is 0.281. The molecule has 1 aliphatic carbocycles. The van der Waals surface area contributed by atoms with E-state index in [2.05, 4.69) is 29.6 Å². The van der Waals surface area contributed by atoms with Crippen LogP contribution >= 0.6 is 11.5 Å². The van der Waals surface area contributed by atoms with Gasteiger partial charge in [0.15, 0.2) is 5.82 Å². The highest BCUT2D eigenvalue weighted by Crippen LogP contribution is 2.33. The van der Waals surface area contributed by atoms with E-state index in [0.29, 0.717) is 17.4 Å². The SMILES string of the molecule is CC1CC(C)CC(Nc2snc(N)c2C#N)C1. The van der Waals surface area contributed by atoms with Crippen LogP contribution in [0.1, 0.15) is 38.7 Å². The number of nitrogens with two attached hydrogens (primary N) is 1. The van der Waals surface area contributed by atoms with E-state index in [0.717, 1.165) is 29.7 Å². The number of nitrogen functional groups attached to an aromatic ring is 1. The van der Waals surface area contributed by atoms with Crippen molar-refractivity contribution in [3.8, 4) is 6.07 Å². The van der Waals surface area contributed by atoms with Crippen LogP contribution < -0.4 is 11.1 Å². The molecular formula is C12H18N4S. The van der Waals surface area contributed by atoms with Crippen LogP contribution in [-0.4, -0.2) is 10.4 Å². The van der Waals surface area contributed by atoms with E-state index in [-0.39, 0.29) is 0 Å². The van der Waals surface area contributed by atoms with E-state index in [1.807, 2.05) is 0 Å². The highest BCUT2D eigenvalue weighted by Gasteiger charge is 2.25. The fourth-order valence-corrected chi connectivity index (χ4v) is 3.50. The molecule has 4 nitrogen and oxygen atoms in total.